The number of amides is 1. The lowest BCUT2D eigenvalue weighted by atomic mass is 9.90. The van der Waals surface area contributed by atoms with E-state index in [2.05, 4.69) is 10.1 Å². The number of carbonyl (C=O) groups is 1. The van der Waals surface area contributed by atoms with Crippen molar-refractivity contribution in [2.45, 2.75) is 40.6 Å². The van der Waals surface area contributed by atoms with E-state index in [0.29, 0.717) is 0 Å². The number of sulfonamides is 1. The molecule has 0 unspecified atom stereocenters. The zero-order valence-electron chi connectivity index (χ0n) is 18.5. The number of rotatable bonds is 6. The van der Waals surface area contributed by atoms with Gasteiger partial charge in [0.2, 0.25) is 3.79 Å². The van der Waals surface area contributed by atoms with E-state index < -0.39 is 66.1 Å². The molecule has 6 nitrogen and oxygen atoms in total. The van der Waals surface area contributed by atoms with Gasteiger partial charge in [-0.25, -0.2) is 17.6 Å². The highest BCUT2D eigenvalue weighted by Crippen LogP contribution is 2.53. The Labute approximate surface area is 221 Å². The van der Waals surface area contributed by atoms with E-state index in [1.165, 1.54) is 12.1 Å². The molecule has 1 amide bonds. The lowest BCUT2D eigenvalue weighted by Gasteiger charge is -2.31. The van der Waals surface area contributed by atoms with Crippen LogP contribution in [-0.4, -0.2) is 37.3 Å². The largest absolute Gasteiger partial charge is 0.445 e. The van der Waals surface area contributed by atoms with E-state index in [-0.39, 0.29) is 23.5 Å². The molecule has 17 heteroatoms. The number of aryl methyl sites for hydroxylation is 2. The number of alkyl halides is 10. The second-order valence-electron chi connectivity index (χ2n) is 7.59. The van der Waals surface area contributed by atoms with Crippen LogP contribution < -0.4 is 10.0 Å². The van der Waals surface area contributed by atoms with Crippen LogP contribution >= 0.6 is 34.8 Å². The molecule has 0 aromatic heterocycles. The minimum Gasteiger partial charge on any atom is -0.445 e. The van der Waals surface area contributed by atoms with Gasteiger partial charge in [0.25, 0.3) is 10.0 Å². The lowest BCUT2D eigenvalue weighted by Crippen LogP contribution is -2.50. The van der Waals surface area contributed by atoms with Crippen molar-refractivity contribution in [3.8, 4) is 0 Å². The molecule has 0 bridgehead atoms. The Bertz CT molecular complexity index is 1240. The predicted octanol–water partition coefficient (Wildman–Crippen LogP) is 7.31. The minimum atomic E-state index is -6.33. The van der Waals surface area contributed by atoms with Crippen molar-refractivity contribution >= 4 is 62.3 Å². The van der Waals surface area contributed by atoms with Gasteiger partial charge < -0.3 is 4.74 Å². The molecule has 2 rings (SSSR count). The van der Waals surface area contributed by atoms with Gasteiger partial charge in [-0.05, 0) is 43.2 Å². The van der Waals surface area contributed by atoms with Crippen molar-refractivity contribution in [3.63, 3.8) is 0 Å². The molecule has 0 atom stereocenters. The zero-order chi connectivity index (χ0) is 28.6. The minimum absolute atomic E-state index is 0.0847. The smallest absolute Gasteiger partial charge is 0.435 e. The molecule has 2 N–H and O–H groups in total. The standard InChI is InChI=1S/C20H16Cl3F7N2O4S/c1-10-6-12(18(24,19(25,26)27)20(28,29)30)7-11(2)15(10)32-37(34,35)14-5-3-4-13(8-14)31-16(33)36-9-17(21,22)23/h3-8,32H,9H2,1-2H3,(H,31,33). The van der Waals surface area contributed by atoms with Gasteiger partial charge in [-0.2, -0.15) is 26.3 Å². The number of anilines is 2. The first-order valence-electron chi connectivity index (χ1n) is 9.66. The molecule has 206 valence electrons. The number of hydrogen-bond acceptors (Lipinski definition) is 4. The average Bonchev–Trinajstić information content (AvgIpc) is 2.72. The Morgan fingerprint density at radius 1 is 0.919 bits per heavy atom. The zero-order valence-corrected chi connectivity index (χ0v) is 21.6. The fourth-order valence-corrected chi connectivity index (χ4v) is 4.46. The molecule has 0 aliphatic carbocycles. The molecule has 0 radical (unpaired) electrons. The molecule has 0 fully saturated rings. The third-order valence-electron chi connectivity index (χ3n) is 4.71. The highest BCUT2D eigenvalue weighted by molar-refractivity contribution is 7.92. The summed E-state index contributed by atoms with van der Waals surface area (Å²) >= 11 is 16.4. The summed E-state index contributed by atoms with van der Waals surface area (Å²) in [6.07, 6.45) is -13.8. The third kappa shape index (κ3) is 7.24. The molecule has 0 spiro atoms. The van der Waals surface area contributed by atoms with Crippen LogP contribution in [0.1, 0.15) is 16.7 Å². The maximum Gasteiger partial charge on any atom is 0.435 e. The van der Waals surface area contributed by atoms with E-state index in [0.717, 1.165) is 26.0 Å². The molecule has 0 aliphatic heterocycles. The summed E-state index contributed by atoms with van der Waals surface area (Å²) in [5, 5.41) is 2.18. The Kier molecular flexibility index (Phi) is 8.85. The maximum absolute atomic E-state index is 14.4. The molecular weight excluding hydrogens is 604 g/mol. The number of ether oxygens (including phenoxy) is 1. The number of halogens is 10. The highest BCUT2D eigenvalue weighted by atomic mass is 35.6. The molecule has 0 saturated carbocycles. The van der Waals surface area contributed by atoms with Crippen LogP contribution in [0.2, 0.25) is 0 Å². The second-order valence-corrected chi connectivity index (χ2v) is 11.8. The van der Waals surface area contributed by atoms with Gasteiger partial charge in [0.1, 0.15) is 6.61 Å². The fourth-order valence-electron chi connectivity index (χ4n) is 3.05. The quantitative estimate of drug-likeness (QED) is 0.262. The average molecular weight is 620 g/mol. The molecule has 37 heavy (non-hydrogen) atoms. The lowest BCUT2D eigenvalue weighted by molar-refractivity contribution is -0.348. The van der Waals surface area contributed by atoms with Crippen molar-refractivity contribution in [2.75, 3.05) is 16.6 Å². The van der Waals surface area contributed by atoms with Crippen LogP contribution in [0.3, 0.4) is 0 Å². The van der Waals surface area contributed by atoms with Crippen LogP contribution in [0.25, 0.3) is 0 Å². The summed E-state index contributed by atoms with van der Waals surface area (Å²) < 4.78 is 124. The predicted molar refractivity (Wildman–Crippen MR) is 123 cm³/mol. The van der Waals surface area contributed by atoms with Crippen molar-refractivity contribution in [1.29, 1.82) is 0 Å². The van der Waals surface area contributed by atoms with E-state index in [9.17, 15) is 43.9 Å². The van der Waals surface area contributed by atoms with Gasteiger partial charge in [-0.15, -0.1) is 0 Å². The third-order valence-corrected chi connectivity index (χ3v) is 6.38. The normalized spacial score (nSPS) is 13.3. The van der Waals surface area contributed by atoms with Crippen LogP contribution in [0.5, 0.6) is 0 Å². The number of benzene rings is 2. The van der Waals surface area contributed by atoms with Crippen LogP contribution in [0, 0.1) is 13.8 Å². The van der Waals surface area contributed by atoms with Gasteiger partial charge in [-0.3, -0.25) is 10.0 Å². The Balaban J connectivity index is 2.38. The molecule has 0 saturated heterocycles. The summed E-state index contributed by atoms with van der Waals surface area (Å²) in [4.78, 5) is 11.3. The van der Waals surface area contributed by atoms with E-state index in [4.69, 9.17) is 34.8 Å². The maximum atomic E-state index is 14.4. The first-order chi connectivity index (χ1) is 16.6. The molecule has 0 aliphatic rings. The van der Waals surface area contributed by atoms with Crippen molar-refractivity contribution < 1.29 is 48.7 Å². The van der Waals surface area contributed by atoms with Gasteiger partial charge in [-0.1, -0.05) is 53.0 Å². The van der Waals surface area contributed by atoms with Crippen LogP contribution in [0.4, 0.5) is 46.9 Å². The number of nitrogens with one attached hydrogen (secondary N) is 2. The van der Waals surface area contributed by atoms with Gasteiger partial charge in [0.05, 0.1) is 10.6 Å². The van der Waals surface area contributed by atoms with Gasteiger partial charge in [0.15, 0.2) is 0 Å². The molecule has 0 heterocycles. The number of hydrogen-bond donors (Lipinski definition) is 2. The molecule has 2 aromatic carbocycles. The Morgan fingerprint density at radius 3 is 1.89 bits per heavy atom. The van der Waals surface area contributed by atoms with Gasteiger partial charge >= 0.3 is 24.1 Å². The van der Waals surface area contributed by atoms with Crippen LogP contribution in [0.15, 0.2) is 41.3 Å². The van der Waals surface area contributed by atoms with E-state index in [1.54, 1.807) is 0 Å². The molecule has 2 aromatic rings. The fraction of sp³-hybridized carbons (Fsp3) is 0.350. The topological polar surface area (TPSA) is 84.5 Å². The molecular formula is C20H16Cl3F7N2O4S. The second kappa shape index (κ2) is 10.5. The summed E-state index contributed by atoms with van der Waals surface area (Å²) in [6, 6.07) is 5.05. The summed E-state index contributed by atoms with van der Waals surface area (Å²) in [6.45, 7) is 1.38. The van der Waals surface area contributed by atoms with Crippen LogP contribution in [-0.2, 0) is 20.4 Å². The number of carbonyl (C=O) groups excluding carboxylic acids is 1. The first-order valence-corrected chi connectivity index (χ1v) is 12.3. The van der Waals surface area contributed by atoms with E-state index in [1.807, 2.05) is 4.72 Å². The monoisotopic (exact) mass is 618 g/mol. The SMILES string of the molecule is Cc1cc(C(F)(C(F)(F)F)C(F)(F)F)cc(C)c1NS(=O)(=O)c1cccc(NC(=O)OCC(Cl)(Cl)Cl)c1. The summed E-state index contributed by atoms with van der Waals surface area (Å²) in [5.74, 6) is 0. The van der Waals surface area contributed by atoms with Crippen molar-refractivity contribution in [3.05, 3.63) is 53.1 Å². The Morgan fingerprint density at radius 2 is 1.43 bits per heavy atom. The summed E-state index contributed by atoms with van der Waals surface area (Å²) in [7, 11) is -4.50. The van der Waals surface area contributed by atoms with E-state index >= 15 is 0 Å². The first kappa shape index (κ1) is 31.1. The summed E-state index contributed by atoms with van der Waals surface area (Å²) in [5.41, 5.74) is -8.74. The van der Waals surface area contributed by atoms with Gasteiger partial charge in [0, 0.05) is 11.3 Å². The highest BCUT2D eigenvalue weighted by Gasteiger charge is 2.73. The van der Waals surface area contributed by atoms with Crippen molar-refractivity contribution in [2.24, 2.45) is 0 Å². The van der Waals surface area contributed by atoms with Crippen molar-refractivity contribution in [1.82, 2.24) is 0 Å². The Hall–Kier alpha value is -2.16.